The van der Waals surface area contributed by atoms with Crippen LogP contribution in [0.2, 0.25) is 0 Å². The second kappa shape index (κ2) is 42.0. The fraction of sp³-hybridized carbons (Fsp3) is 0.0714. The summed E-state index contributed by atoms with van der Waals surface area (Å²) in [5.41, 5.74) is 3.12. The van der Waals surface area contributed by atoms with Crippen molar-refractivity contribution < 1.29 is 177 Å². The number of phenolic OH excluding ortho intramolecular Hbond substituents is 28. The summed E-state index contributed by atoms with van der Waals surface area (Å²) in [7, 11) is 0. The lowest BCUT2D eigenvalue weighted by Crippen LogP contribution is -2.02. The molecule has 0 atom stereocenters. The van der Waals surface area contributed by atoms with E-state index in [0.717, 1.165) is 48.5 Å². The molecule has 35 nitrogen and oxygen atoms in total. The zero-order valence-electron chi connectivity index (χ0n) is 70.6. The smallest absolute Gasteiger partial charge is 0.201 e. The van der Waals surface area contributed by atoms with Gasteiger partial charge >= 0.3 is 0 Å². The Balaban J connectivity index is 0.000000191. The van der Waals surface area contributed by atoms with E-state index in [2.05, 4.69) is 0 Å². The van der Waals surface area contributed by atoms with Gasteiger partial charge in [0.2, 0.25) is 23.1 Å². The molecule has 133 heavy (non-hydrogen) atoms. The van der Waals surface area contributed by atoms with Crippen LogP contribution in [0.15, 0.2) is 212 Å². The molecule has 0 spiro atoms. The van der Waals surface area contributed by atoms with Crippen LogP contribution in [0.25, 0.3) is 0 Å². The van der Waals surface area contributed by atoms with E-state index in [-0.39, 0.29) is 164 Å². The molecule has 14 aromatic carbocycles. The van der Waals surface area contributed by atoms with Crippen molar-refractivity contribution in [3.8, 4) is 161 Å². The highest BCUT2D eigenvalue weighted by molar-refractivity contribution is 6.16. The first-order valence-electron chi connectivity index (χ1n) is 38.5. The summed E-state index contributed by atoms with van der Waals surface area (Å²) >= 11 is 0. The van der Waals surface area contributed by atoms with Gasteiger partial charge in [-0.15, -0.1) is 0 Å². The molecule has 0 aliphatic heterocycles. The minimum Gasteiger partial charge on any atom is -0.508 e. The monoisotopic (exact) mass is 1820 g/mol. The number of aromatic hydroxyl groups is 28. The van der Waals surface area contributed by atoms with Crippen LogP contribution in [-0.2, 0) is 0 Å². The Labute approximate surface area is 752 Å². The van der Waals surface area contributed by atoms with Gasteiger partial charge in [0.25, 0.3) is 0 Å². The number of hydrogen-bond donors (Lipinski definition) is 28. The van der Waals surface area contributed by atoms with Crippen molar-refractivity contribution in [2.75, 3.05) is 0 Å². The van der Waals surface area contributed by atoms with E-state index in [1.165, 1.54) is 134 Å². The van der Waals surface area contributed by atoms with Crippen molar-refractivity contribution >= 4 is 40.5 Å². The lowest BCUT2D eigenvalue weighted by atomic mass is 9.99. The minimum absolute atomic E-state index is 0.0184. The van der Waals surface area contributed by atoms with Gasteiger partial charge < -0.3 is 143 Å². The lowest BCUT2D eigenvalue weighted by molar-refractivity contribution is 0.102. The molecule has 14 aromatic rings. The highest BCUT2D eigenvalue weighted by Gasteiger charge is 2.28. The summed E-state index contributed by atoms with van der Waals surface area (Å²) in [5, 5.41) is 265. The van der Waals surface area contributed by atoms with Crippen LogP contribution >= 0.6 is 0 Å². The number of ketones is 7. The van der Waals surface area contributed by atoms with Crippen LogP contribution in [-0.4, -0.2) is 183 Å². The van der Waals surface area contributed by atoms with Crippen LogP contribution in [0, 0.1) is 48.5 Å². The van der Waals surface area contributed by atoms with Crippen LogP contribution in [0.5, 0.6) is 161 Å². The van der Waals surface area contributed by atoms with E-state index in [1.807, 2.05) is 0 Å². The van der Waals surface area contributed by atoms with Gasteiger partial charge in [-0.1, -0.05) is 54.6 Å². The summed E-state index contributed by atoms with van der Waals surface area (Å²) in [4.78, 5) is 85.0. The number of rotatable bonds is 14. The number of benzene rings is 14. The van der Waals surface area contributed by atoms with E-state index in [4.69, 9.17) is 0 Å². The number of hydrogen-bond acceptors (Lipinski definition) is 35. The van der Waals surface area contributed by atoms with Crippen LogP contribution in [0.3, 0.4) is 0 Å². The van der Waals surface area contributed by atoms with Crippen molar-refractivity contribution in [2.45, 2.75) is 48.5 Å². The summed E-state index contributed by atoms with van der Waals surface area (Å²) < 4.78 is 0. The molecule has 0 saturated carbocycles. The normalized spacial score (nSPS) is 10.4. The summed E-state index contributed by atoms with van der Waals surface area (Å²) in [6, 6.07) is 45.6. The molecule has 0 aliphatic rings. The van der Waals surface area contributed by atoms with Gasteiger partial charge in [-0.2, -0.15) is 0 Å². The number of carbonyl (C=O) groups is 7. The topological polar surface area (TPSA) is 686 Å². The van der Waals surface area contributed by atoms with Gasteiger partial charge in [0.1, 0.15) is 46.0 Å². The third-order valence-corrected chi connectivity index (χ3v) is 19.8. The van der Waals surface area contributed by atoms with Crippen molar-refractivity contribution in [3.63, 3.8) is 0 Å². The van der Waals surface area contributed by atoms with Gasteiger partial charge in [0, 0.05) is 45.0 Å². The minimum atomic E-state index is -0.827. The molecule has 0 fully saturated rings. The number of para-hydroxylation sites is 3. The quantitative estimate of drug-likeness (QED) is 0.0273. The Morgan fingerprint density at radius 1 is 0.143 bits per heavy atom. The van der Waals surface area contributed by atoms with Gasteiger partial charge in [-0.3, -0.25) is 33.6 Å². The summed E-state index contributed by atoms with van der Waals surface area (Å²) in [6.45, 7) is 11.3. The molecule has 0 aliphatic carbocycles. The van der Waals surface area contributed by atoms with E-state index >= 15 is 0 Å². The molecule has 0 radical (unpaired) electrons. The highest BCUT2D eigenvalue weighted by Crippen LogP contribution is 2.44. The van der Waals surface area contributed by atoms with E-state index in [9.17, 15) is 177 Å². The molecule has 0 heterocycles. The average Bonchev–Trinajstić information content (AvgIpc) is 0.797. The maximum absolute atomic E-state index is 12.2. The van der Waals surface area contributed by atoms with Crippen LogP contribution < -0.4 is 0 Å². The fourth-order valence-electron chi connectivity index (χ4n) is 11.9. The maximum atomic E-state index is 12.2. The zero-order valence-corrected chi connectivity index (χ0v) is 70.6. The van der Waals surface area contributed by atoms with E-state index in [1.54, 1.807) is 77.9 Å². The summed E-state index contributed by atoms with van der Waals surface area (Å²) in [5.74, 6) is -16.0. The first-order valence-corrected chi connectivity index (χ1v) is 38.5. The largest absolute Gasteiger partial charge is 0.508 e. The third kappa shape index (κ3) is 23.1. The molecule has 686 valence electrons. The standard InChI is InChI=1S/3C14H12O6.C14H12O5.3C14H12O4/c1-6-9(15)2-7(3-10(6)16)13(19)8-4-11(17)14(20)12(18)5-8;1-6-2-10(16)7(3-9(6)15)14(20)8-4-12(18)13(19)5-11(8)17;1-6-2-3-7(12(18)10(6)16)11(17)8-4-5-9(15)14(20)13(8)19;1-7-2-4-9(14(19)12(7)17)13(18)8-3-5-10(15)11(16)6-8;1-8-4-2-5-9(12(8)16)13(17)10-6-3-7-11(15)14(10)18;1-8-2-3-9(6-12(8)16)14(18)10-4-5-11(15)13(17)7-10;1-8-3-2-4-10(13(8)17)14(18)9-5-6-11(15)12(16)7-9/h2-5,15-18,20H,1H3;2-5,15-19H,1H3;2-5,15-16,18-20H,1H3;2-6,15-17,19H,1H3;2-7,15-16,18H,1H3;2*2-7,15-17H,1H3. The Hall–Kier alpha value is -18.8. The molecular formula is C98H84O35. The van der Waals surface area contributed by atoms with Crippen LogP contribution in [0.4, 0.5) is 0 Å². The van der Waals surface area contributed by atoms with Gasteiger partial charge in [0.05, 0.1) is 44.5 Å². The van der Waals surface area contributed by atoms with Gasteiger partial charge in [0.15, 0.2) is 132 Å². The number of aryl methyl sites for hydroxylation is 6. The van der Waals surface area contributed by atoms with E-state index < -0.39 is 115 Å². The molecule has 0 saturated heterocycles. The second-order valence-corrected chi connectivity index (χ2v) is 29.1. The molecule has 0 aromatic heterocycles. The molecule has 0 bridgehead atoms. The lowest BCUT2D eigenvalue weighted by Gasteiger charge is -2.10. The van der Waals surface area contributed by atoms with Crippen LogP contribution in [0.1, 0.15) is 150 Å². The van der Waals surface area contributed by atoms with Crippen molar-refractivity contribution in [1.82, 2.24) is 0 Å². The Bertz CT molecular complexity index is 6580. The van der Waals surface area contributed by atoms with Gasteiger partial charge in [-0.25, -0.2) is 0 Å². The first-order chi connectivity index (χ1) is 62.4. The zero-order chi connectivity index (χ0) is 99.1. The summed E-state index contributed by atoms with van der Waals surface area (Å²) in [6.07, 6.45) is 0. The van der Waals surface area contributed by atoms with Crippen molar-refractivity contribution in [3.05, 3.63) is 329 Å². The molecule has 14 rings (SSSR count). The van der Waals surface area contributed by atoms with Gasteiger partial charge in [-0.05, 0) is 234 Å². The van der Waals surface area contributed by atoms with Crippen molar-refractivity contribution in [2.24, 2.45) is 0 Å². The molecular weight excluding hydrogens is 1740 g/mol. The molecule has 35 heteroatoms. The second-order valence-electron chi connectivity index (χ2n) is 29.1. The Kier molecular flexibility index (Phi) is 31.4. The molecule has 28 N–H and O–H groups in total. The maximum Gasteiger partial charge on any atom is 0.201 e. The number of phenols is 28. The molecule has 0 unspecified atom stereocenters. The molecule has 0 amide bonds. The average molecular weight is 1820 g/mol. The van der Waals surface area contributed by atoms with E-state index in [0.29, 0.717) is 38.9 Å². The van der Waals surface area contributed by atoms with Crippen molar-refractivity contribution in [1.29, 1.82) is 0 Å². The predicted octanol–water partition coefficient (Wildman–Crippen LogP) is 14.3. The third-order valence-electron chi connectivity index (χ3n) is 19.8. The predicted molar refractivity (Wildman–Crippen MR) is 474 cm³/mol. The fourth-order valence-corrected chi connectivity index (χ4v) is 11.9. The number of carbonyl (C=O) groups excluding carboxylic acids is 7. The highest BCUT2D eigenvalue weighted by atomic mass is 16.4. The first kappa shape index (κ1) is 99.6. The SMILES string of the molecule is Cc1c(O)cc(C(=O)c2cc(O)c(O)c(O)c2)cc1O.Cc1cc(O)c(C(=O)c2cc(O)c(O)cc2O)cc1O.Cc1ccc(C(=O)c2ccc(O)c(O)c2)c(O)c1O.Cc1ccc(C(=O)c2ccc(O)c(O)c2)cc1O.Cc1ccc(C(=O)c2ccc(O)c(O)c2O)c(O)c1O.Cc1cccc(C(=O)c2ccc(O)c(O)c2)c1O.Cc1cccc(C(=O)c2cccc(O)c2O)c1O. The Morgan fingerprint density at radius 2 is 0.414 bits per heavy atom. The Morgan fingerprint density at radius 3 is 0.842 bits per heavy atom.